The van der Waals surface area contributed by atoms with Gasteiger partial charge in [0.25, 0.3) is 0 Å². The fraction of sp³-hybridized carbons (Fsp3) is 0. The van der Waals surface area contributed by atoms with E-state index in [0.29, 0.717) is 21.9 Å². The van der Waals surface area contributed by atoms with Gasteiger partial charge >= 0.3 is 6.03 Å². The molecular formula is C19H13ClN4O. The Hall–Kier alpha value is -3.18. The van der Waals surface area contributed by atoms with Crippen LogP contribution in [0.25, 0.3) is 21.8 Å². The average molecular weight is 349 g/mol. The van der Waals surface area contributed by atoms with Crippen molar-refractivity contribution in [2.75, 3.05) is 10.6 Å². The number of fused-ring (bicyclic) bond motifs is 3. The van der Waals surface area contributed by atoms with Crippen LogP contribution < -0.4 is 10.6 Å². The largest absolute Gasteiger partial charge is 0.323 e. The molecule has 0 radical (unpaired) electrons. The lowest BCUT2D eigenvalue weighted by Crippen LogP contribution is -2.20. The monoisotopic (exact) mass is 348 g/mol. The second kappa shape index (κ2) is 6.37. The highest BCUT2D eigenvalue weighted by Crippen LogP contribution is 2.29. The number of rotatable bonds is 2. The van der Waals surface area contributed by atoms with Gasteiger partial charge in [0.1, 0.15) is 0 Å². The molecule has 2 heterocycles. The van der Waals surface area contributed by atoms with E-state index in [1.165, 1.54) is 0 Å². The van der Waals surface area contributed by atoms with E-state index in [9.17, 15) is 4.79 Å². The second-order valence-electron chi connectivity index (χ2n) is 5.45. The molecule has 122 valence electrons. The molecule has 4 rings (SSSR count). The van der Waals surface area contributed by atoms with Crippen LogP contribution in [-0.4, -0.2) is 16.0 Å². The van der Waals surface area contributed by atoms with Crippen LogP contribution in [0.2, 0.25) is 5.02 Å². The maximum Gasteiger partial charge on any atom is 0.323 e. The van der Waals surface area contributed by atoms with Gasteiger partial charge in [-0.3, -0.25) is 9.97 Å². The van der Waals surface area contributed by atoms with Crippen molar-refractivity contribution in [1.29, 1.82) is 0 Å². The number of carbonyl (C=O) groups excluding carboxylic acids is 1. The molecule has 2 N–H and O–H groups in total. The number of para-hydroxylation sites is 1. The number of aromatic nitrogens is 2. The van der Waals surface area contributed by atoms with Gasteiger partial charge in [-0.1, -0.05) is 35.9 Å². The first-order valence-electron chi connectivity index (χ1n) is 7.67. The Kier molecular flexibility index (Phi) is 3.91. The number of hydrogen-bond donors (Lipinski definition) is 2. The molecule has 0 aliphatic heterocycles. The van der Waals surface area contributed by atoms with Gasteiger partial charge in [0.2, 0.25) is 0 Å². The number of benzene rings is 2. The van der Waals surface area contributed by atoms with Crippen molar-refractivity contribution in [3.63, 3.8) is 0 Å². The van der Waals surface area contributed by atoms with E-state index in [-0.39, 0.29) is 0 Å². The lowest BCUT2D eigenvalue weighted by molar-refractivity contribution is 0.262. The summed E-state index contributed by atoms with van der Waals surface area (Å²) in [6.45, 7) is 0. The molecule has 0 bridgehead atoms. The topological polar surface area (TPSA) is 66.9 Å². The molecule has 0 unspecified atom stereocenters. The Balaban J connectivity index is 1.73. The zero-order chi connectivity index (χ0) is 17.2. The third kappa shape index (κ3) is 2.97. The quantitative estimate of drug-likeness (QED) is 0.496. The molecule has 5 nitrogen and oxygen atoms in total. The van der Waals surface area contributed by atoms with Gasteiger partial charge in [0.15, 0.2) is 0 Å². The SMILES string of the molecule is O=C(Nc1ccccc1Cl)Nc1cc2ncccc2c2cccnc12. The van der Waals surface area contributed by atoms with Gasteiger partial charge in [-0.2, -0.15) is 0 Å². The van der Waals surface area contributed by atoms with Crippen LogP contribution in [0, 0.1) is 0 Å². The zero-order valence-corrected chi connectivity index (χ0v) is 13.8. The third-order valence-electron chi connectivity index (χ3n) is 3.84. The van der Waals surface area contributed by atoms with Crippen LogP contribution in [0.1, 0.15) is 0 Å². The molecule has 0 saturated carbocycles. The minimum atomic E-state index is -0.393. The Labute approximate surface area is 148 Å². The normalized spacial score (nSPS) is 10.8. The maximum absolute atomic E-state index is 12.4. The van der Waals surface area contributed by atoms with Gasteiger partial charge < -0.3 is 10.6 Å². The van der Waals surface area contributed by atoms with Crippen LogP contribution in [0.3, 0.4) is 0 Å². The Morgan fingerprint density at radius 2 is 1.56 bits per heavy atom. The predicted octanol–water partition coefficient (Wildman–Crippen LogP) is 5.08. The highest BCUT2D eigenvalue weighted by atomic mass is 35.5. The number of halogens is 1. The average Bonchev–Trinajstić information content (AvgIpc) is 2.64. The summed E-state index contributed by atoms with van der Waals surface area (Å²) in [4.78, 5) is 21.2. The highest BCUT2D eigenvalue weighted by Gasteiger charge is 2.11. The smallest absolute Gasteiger partial charge is 0.306 e. The van der Waals surface area contributed by atoms with Crippen LogP contribution >= 0.6 is 11.6 Å². The molecule has 4 aromatic rings. The van der Waals surface area contributed by atoms with Crippen molar-refractivity contribution in [1.82, 2.24) is 9.97 Å². The summed E-state index contributed by atoms with van der Waals surface area (Å²) in [5.74, 6) is 0. The van der Waals surface area contributed by atoms with Gasteiger partial charge in [-0.05, 0) is 30.3 Å². The summed E-state index contributed by atoms with van der Waals surface area (Å²) in [6, 6.07) is 16.2. The Morgan fingerprint density at radius 3 is 2.40 bits per heavy atom. The molecule has 0 aliphatic carbocycles. The van der Waals surface area contributed by atoms with Gasteiger partial charge in [0, 0.05) is 23.2 Å². The number of carbonyl (C=O) groups is 1. The standard InChI is InChI=1S/C19H13ClN4O/c20-14-7-1-2-8-15(14)23-19(25)24-17-11-16-12(5-3-9-21-16)13-6-4-10-22-18(13)17/h1-11H,(H2,23,24,25). The summed E-state index contributed by atoms with van der Waals surface area (Å²) < 4.78 is 0. The second-order valence-corrected chi connectivity index (χ2v) is 5.86. The van der Waals surface area contributed by atoms with E-state index in [1.807, 2.05) is 30.3 Å². The van der Waals surface area contributed by atoms with E-state index in [1.54, 1.807) is 36.7 Å². The molecule has 0 saturated heterocycles. The van der Waals surface area contributed by atoms with Crippen molar-refractivity contribution in [2.45, 2.75) is 0 Å². The molecule has 6 heteroatoms. The molecule has 0 spiro atoms. The highest BCUT2D eigenvalue weighted by molar-refractivity contribution is 6.33. The minimum Gasteiger partial charge on any atom is -0.306 e. The number of pyridine rings is 2. The maximum atomic E-state index is 12.4. The summed E-state index contributed by atoms with van der Waals surface area (Å²) in [5.41, 5.74) is 2.62. The van der Waals surface area contributed by atoms with E-state index in [0.717, 1.165) is 16.3 Å². The van der Waals surface area contributed by atoms with E-state index >= 15 is 0 Å². The Bertz CT molecular complexity index is 1100. The fourth-order valence-electron chi connectivity index (χ4n) is 2.74. The van der Waals surface area contributed by atoms with Crippen molar-refractivity contribution < 1.29 is 4.79 Å². The summed E-state index contributed by atoms with van der Waals surface area (Å²) >= 11 is 6.08. The molecule has 0 atom stereocenters. The summed E-state index contributed by atoms with van der Waals surface area (Å²) in [7, 11) is 0. The summed E-state index contributed by atoms with van der Waals surface area (Å²) in [5, 5.41) is 7.98. The van der Waals surface area contributed by atoms with Crippen molar-refractivity contribution in [3.05, 3.63) is 72.0 Å². The minimum absolute atomic E-state index is 0.393. The number of nitrogens with one attached hydrogen (secondary N) is 2. The van der Waals surface area contributed by atoms with Crippen molar-refractivity contribution >= 4 is 50.8 Å². The van der Waals surface area contributed by atoms with E-state index in [2.05, 4.69) is 20.6 Å². The van der Waals surface area contributed by atoms with Crippen LogP contribution in [0.5, 0.6) is 0 Å². The lowest BCUT2D eigenvalue weighted by atomic mass is 10.1. The predicted molar refractivity (Wildman–Crippen MR) is 101 cm³/mol. The van der Waals surface area contributed by atoms with Crippen molar-refractivity contribution in [2.24, 2.45) is 0 Å². The molecular weight excluding hydrogens is 336 g/mol. The lowest BCUT2D eigenvalue weighted by Gasteiger charge is -2.12. The molecule has 2 aromatic heterocycles. The zero-order valence-electron chi connectivity index (χ0n) is 13.0. The molecule has 2 aromatic carbocycles. The van der Waals surface area contributed by atoms with Gasteiger partial charge in [0.05, 0.1) is 27.4 Å². The fourth-order valence-corrected chi connectivity index (χ4v) is 2.92. The summed E-state index contributed by atoms with van der Waals surface area (Å²) in [6.07, 6.45) is 3.42. The number of hydrogen-bond acceptors (Lipinski definition) is 3. The first kappa shape index (κ1) is 15.4. The van der Waals surface area contributed by atoms with Gasteiger partial charge in [-0.15, -0.1) is 0 Å². The van der Waals surface area contributed by atoms with Crippen molar-refractivity contribution in [3.8, 4) is 0 Å². The van der Waals surface area contributed by atoms with E-state index < -0.39 is 6.03 Å². The number of amides is 2. The first-order valence-corrected chi connectivity index (χ1v) is 8.05. The number of urea groups is 1. The number of nitrogens with zero attached hydrogens (tertiary/aromatic N) is 2. The molecule has 0 aliphatic rings. The Morgan fingerprint density at radius 1 is 0.840 bits per heavy atom. The van der Waals surface area contributed by atoms with Crippen LogP contribution in [0.4, 0.5) is 16.2 Å². The molecule has 0 fully saturated rings. The molecule has 25 heavy (non-hydrogen) atoms. The van der Waals surface area contributed by atoms with E-state index in [4.69, 9.17) is 11.6 Å². The number of anilines is 2. The first-order chi connectivity index (χ1) is 12.2. The third-order valence-corrected chi connectivity index (χ3v) is 4.17. The molecule has 2 amide bonds. The van der Waals surface area contributed by atoms with Gasteiger partial charge in [-0.25, -0.2) is 4.79 Å². The van der Waals surface area contributed by atoms with Crippen LogP contribution in [0.15, 0.2) is 67.0 Å². The van der Waals surface area contributed by atoms with Crippen LogP contribution in [-0.2, 0) is 0 Å².